The predicted octanol–water partition coefficient (Wildman–Crippen LogP) is -0.0170. The third-order valence-corrected chi connectivity index (χ3v) is 5.53. The molecule has 0 fully saturated rings. The van der Waals surface area contributed by atoms with Crippen molar-refractivity contribution in [1.82, 2.24) is 4.98 Å². The summed E-state index contributed by atoms with van der Waals surface area (Å²) in [6.07, 6.45) is 5.10. The van der Waals surface area contributed by atoms with E-state index in [2.05, 4.69) is 10.3 Å². The lowest BCUT2D eigenvalue weighted by Crippen LogP contribution is -3.00. The molecule has 10 nitrogen and oxygen atoms in total. The lowest BCUT2D eigenvalue weighted by atomic mass is 10.1. The fourth-order valence-electron chi connectivity index (χ4n) is 3.63. The van der Waals surface area contributed by atoms with Gasteiger partial charge < -0.3 is 37.9 Å². The Labute approximate surface area is 224 Å². The summed E-state index contributed by atoms with van der Waals surface area (Å²) in [5.74, 6) is -1.49. The molecule has 4 rings (SSSR count). The number of primary amides is 1. The molecule has 0 radical (unpaired) electrons. The quantitative estimate of drug-likeness (QED) is 0.156. The topological polar surface area (TPSA) is 144 Å². The van der Waals surface area contributed by atoms with Crippen LogP contribution in [0.5, 0.6) is 5.75 Å². The van der Waals surface area contributed by atoms with E-state index in [4.69, 9.17) is 15.2 Å². The van der Waals surface area contributed by atoms with Crippen LogP contribution < -0.4 is 32.8 Å². The average Bonchev–Trinajstić information content (AvgIpc) is 3.32. The molecular weight excluding hydrogens is 512 g/mol. The van der Waals surface area contributed by atoms with Crippen LogP contribution in [0.2, 0.25) is 0 Å². The number of halogens is 1. The monoisotopic (exact) mass is 536 g/mol. The van der Waals surface area contributed by atoms with Gasteiger partial charge in [-0.05, 0) is 49.4 Å². The molecule has 0 aliphatic rings. The normalized spacial score (nSPS) is 10.3. The molecule has 0 unspecified atom stereocenters. The number of aryl methyl sites for hydroxylation is 1. The van der Waals surface area contributed by atoms with Gasteiger partial charge in [-0.1, -0.05) is 0 Å². The summed E-state index contributed by atoms with van der Waals surface area (Å²) in [7, 11) is 0. The fraction of sp³-hybridized carbons (Fsp3) is 0.148. The minimum absolute atomic E-state index is 0. The first-order chi connectivity index (χ1) is 17.8. The second-order valence-electron chi connectivity index (χ2n) is 8.08. The van der Waals surface area contributed by atoms with Gasteiger partial charge in [-0.25, -0.2) is 14.2 Å². The predicted molar refractivity (Wildman–Crippen MR) is 134 cm³/mol. The van der Waals surface area contributed by atoms with Crippen LogP contribution in [0.15, 0.2) is 73.2 Å². The van der Waals surface area contributed by atoms with Crippen molar-refractivity contribution in [1.29, 1.82) is 0 Å². The number of benzene rings is 2. The minimum Gasteiger partial charge on any atom is -1.00 e. The zero-order chi connectivity index (χ0) is 26.4. The number of aromatic nitrogens is 2. The summed E-state index contributed by atoms with van der Waals surface area (Å²) in [5, 5.41) is 3.42. The second kappa shape index (κ2) is 12.5. The molecule has 196 valence electrons. The summed E-state index contributed by atoms with van der Waals surface area (Å²) < 4.78 is 12.2. The molecule has 2 amide bonds. The summed E-state index contributed by atoms with van der Waals surface area (Å²) in [6.45, 7) is 2.40. The van der Waals surface area contributed by atoms with E-state index in [0.29, 0.717) is 39.8 Å². The van der Waals surface area contributed by atoms with Crippen LogP contribution in [-0.2, 0) is 16.1 Å². The van der Waals surface area contributed by atoms with E-state index in [1.54, 1.807) is 54.2 Å². The number of ether oxygens (including phenoxy) is 2. The van der Waals surface area contributed by atoms with Crippen molar-refractivity contribution in [2.45, 2.75) is 19.9 Å². The number of rotatable bonds is 9. The van der Waals surface area contributed by atoms with Crippen LogP contribution in [-0.4, -0.2) is 35.3 Å². The number of hydrogen-bond donors (Lipinski definition) is 3. The number of hydrogen-bond acceptors (Lipinski definition) is 6. The maximum absolute atomic E-state index is 12.8. The number of carbonyl (C=O) groups is 4. The molecular formula is C27H25ClN4O6. The van der Waals surface area contributed by atoms with Gasteiger partial charge in [-0.3, -0.25) is 9.59 Å². The van der Waals surface area contributed by atoms with E-state index >= 15 is 0 Å². The summed E-state index contributed by atoms with van der Waals surface area (Å²) >= 11 is 0. The van der Waals surface area contributed by atoms with Crippen LogP contribution in [0.3, 0.4) is 0 Å². The Bertz CT molecular complexity index is 1470. The van der Waals surface area contributed by atoms with Gasteiger partial charge in [0.05, 0.1) is 29.7 Å². The van der Waals surface area contributed by atoms with Gasteiger partial charge in [0.1, 0.15) is 5.75 Å². The summed E-state index contributed by atoms with van der Waals surface area (Å²) in [5.41, 5.74) is 7.51. The number of esters is 2. The third-order valence-electron chi connectivity index (χ3n) is 5.53. The maximum atomic E-state index is 12.8. The van der Waals surface area contributed by atoms with Crippen LogP contribution in [0.25, 0.3) is 10.9 Å². The van der Waals surface area contributed by atoms with Gasteiger partial charge in [-0.15, -0.1) is 0 Å². The van der Waals surface area contributed by atoms with Crippen LogP contribution in [0.1, 0.15) is 44.4 Å². The van der Waals surface area contributed by atoms with E-state index in [0.717, 1.165) is 0 Å². The highest BCUT2D eigenvalue weighted by Gasteiger charge is 2.16. The number of pyridine rings is 1. The Balaban J connectivity index is 0.00000400. The second-order valence-corrected chi connectivity index (χ2v) is 8.08. The van der Waals surface area contributed by atoms with Crippen LogP contribution in [0, 0.1) is 0 Å². The number of aromatic amines is 1. The molecule has 2 aromatic carbocycles. The fourth-order valence-corrected chi connectivity index (χ4v) is 3.63. The van der Waals surface area contributed by atoms with Gasteiger partial charge in [0, 0.05) is 34.9 Å². The van der Waals surface area contributed by atoms with Gasteiger partial charge >= 0.3 is 11.9 Å². The summed E-state index contributed by atoms with van der Waals surface area (Å²) in [6, 6.07) is 14.4. The van der Waals surface area contributed by atoms with Crippen molar-refractivity contribution < 1.29 is 45.6 Å². The molecule has 0 aliphatic heterocycles. The molecule has 38 heavy (non-hydrogen) atoms. The first kappa shape index (κ1) is 27.9. The third kappa shape index (κ3) is 6.74. The molecule has 0 bridgehead atoms. The zero-order valence-electron chi connectivity index (χ0n) is 20.4. The Hall–Kier alpha value is -4.70. The van der Waals surface area contributed by atoms with E-state index in [1.807, 2.05) is 0 Å². The zero-order valence-corrected chi connectivity index (χ0v) is 21.2. The number of nitrogens with two attached hydrogens (primary N) is 1. The van der Waals surface area contributed by atoms with Crippen molar-refractivity contribution in [3.05, 3.63) is 89.9 Å². The highest BCUT2D eigenvalue weighted by Crippen LogP contribution is 2.24. The SMILES string of the molecule is CCOC(=O)c1ccc(OC(=O)c2c[nH]c3ccc(NC(=O)CC[n+]4ccc(C(N)=O)cc4)cc23)cc1.[Cl-]. The van der Waals surface area contributed by atoms with E-state index in [9.17, 15) is 19.2 Å². The largest absolute Gasteiger partial charge is 1.00 e. The number of fused-ring (bicyclic) bond motifs is 1. The highest BCUT2D eigenvalue weighted by atomic mass is 35.5. The number of nitrogens with one attached hydrogen (secondary N) is 2. The molecule has 2 aromatic heterocycles. The lowest BCUT2D eigenvalue weighted by Gasteiger charge is -2.07. The van der Waals surface area contributed by atoms with Crippen LogP contribution in [0.4, 0.5) is 5.69 Å². The number of amides is 2. The number of H-pyrrole nitrogens is 1. The van der Waals surface area contributed by atoms with Crippen molar-refractivity contribution in [2.75, 3.05) is 11.9 Å². The summed E-state index contributed by atoms with van der Waals surface area (Å²) in [4.78, 5) is 51.3. The first-order valence-corrected chi connectivity index (χ1v) is 11.5. The average molecular weight is 537 g/mol. The van der Waals surface area contributed by atoms with Crippen molar-refractivity contribution in [3.63, 3.8) is 0 Å². The first-order valence-electron chi connectivity index (χ1n) is 11.5. The number of carbonyl (C=O) groups excluding carboxylic acids is 4. The maximum Gasteiger partial charge on any atom is 0.345 e. The van der Waals surface area contributed by atoms with Crippen molar-refractivity contribution in [3.8, 4) is 5.75 Å². The molecule has 0 saturated carbocycles. The highest BCUT2D eigenvalue weighted by molar-refractivity contribution is 6.06. The molecule has 0 aliphatic carbocycles. The van der Waals surface area contributed by atoms with E-state index in [-0.39, 0.29) is 37.1 Å². The molecule has 2 heterocycles. The molecule has 11 heteroatoms. The Kier molecular flexibility index (Phi) is 9.18. The molecule has 4 aromatic rings. The van der Waals surface area contributed by atoms with Gasteiger partial charge in [0.25, 0.3) is 0 Å². The van der Waals surface area contributed by atoms with Crippen LogP contribution >= 0.6 is 0 Å². The smallest absolute Gasteiger partial charge is 0.345 e. The number of anilines is 1. The Morgan fingerprint density at radius 3 is 2.32 bits per heavy atom. The van der Waals surface area contributed by atoms with E-state index in [1.165, 1.54) is 30.5 Å². The molecule has 0 spiro atoms. The van der Waals surface area contributed by atoms with Gasteiger partial charge in [0.15, 0.2) is 18.9 Å². The molecule has 0 atom stereocenters. The van der Waals surface area contributed by atoms with Gasteiger partial charge in [-0.2, -0.15) is 0 Å². The molecule has 4 N–H and O–H groups in total. The van der Waals surface area contributed by atoms with E-state index < -0.39 is 17.8 Å². The molecule has 0 saturated heterocycles. The minimum atomic E-state index is -0.589. The van der Waals surface area contributed by atoms with Crippen molar-refractivity contribution in [2.24, 2.45) is 5.73 Å². The Morgan fingerprint density at radius 1 is 0.947 bits per heavy atom. The standard InChI is InChI=1S/C27H24N4O6.ClH/c1-2-36-26(34)18-3-6-20(7-4-18)37-27(35)22-16-29-23-8-5-19(15-21(22)23)30-24(32)11-14-31-12-9-17(10-13-31)25(28)33;/h3-10,12-13,15-16,33H,2,11,14,28H2,1H3;1H. The Morgan fingerprint density at radius 2 is 1.66 bits per heavy atom. The van der Waals surface area contributed by atoms with Gasteiger partial charge in [0.2, 0.25) is 11.8 Å². The number of nitrogens with zero attached hydrogens (tertiary/aromatic N) is 1. The van der Waals surface area contributed by atoms with Crippen molar-refractivity contribution >= 4 is 40.3 Å². The lowest BCUT2D eigenvalue weighted by molar-refractivity contribution is -0.695.